The quantitative estimate of drug-likeness (QED) is 0.697. The van der Waals surface area contributed by atoms with Crippen molar-refractivity contribution in [1.29, 1.82) is 0 Å². The summed E-state index contributed by atoms with van der Waals surface area (Å²) in [6.45, 7) is 5.36. The lowest BCUT2D eigenvalue weighted by Crippen LogP contribution is -2.41. The van der Waals surface area contributed by atoms with E-state index in [1.807, 2.05) is 30.9 Å². The third-order valence-electron chi connectivity index (χ3n) is 4.97. The number of aromatic nitrogens is 2. The highest BCUT2D eigenvalue weighted by molar-refractivity contribution is 5.76. The maximum atomic E-state index is 12.4. The molecular formula is C22H29N3O2. The summed E-state index contributed by atoms with van der Waals surface area (Å²) >= 11 is 0. The van der Waals surface area contributed by atoms with Gasteiger partial charge in [-0.15, -0.1) is 0 Å². The molecule has 5 heteroatoms. The van der Waals surface area contributed by atoms with Crippen molar-refractivity contribution >= 4 is 5.91 Å². The lowest BCUT2D eigenvalue weighted by atomic mass is 10.0. The van der Waals surface area contributed by atoms with Crippen LogP contribution in [-0.4, -0.2) is 40.0 Å². The molecule has 0 radical (unpaired) electrons. The normalized spacial score (nSPS) is 15.0. The van der Waals surface area contributed by atoms with Gasteiger partial charge in [-0.1, -0.05) is 30.3 Å². The number of benzene rings is 1. The van der Waals surface area contributed by atoms with Crippen LogP contribution >= 0.6 is 0 Å². The predicted molar refractivity (Wildman–Crippen MR) is 106 cm³/mol. The van der Waals surface area contributed by atoms with Gasteiger partial charge in [-0.05, 0) is 38.7 Å². The van der Waals surface area contributed by atoms with Gasteiger partial charge in [0.15, 0.2) is 0 Å². The second-order valence-electron chi connectivity index (χ2n) is 7.29. The Morgan fingerprint density at radius 2 is 1.85 bits per heavy atom. The number of likely N-dealkylation sites (tertiary alicyclic amines) is 1. The molecule has 1 aliphatic rings. The van der Waals surface area contributed by atoms with Crippen molar-refractivity contribution in [3.63, 3.8) is 0 Å². The number of carbonyl (C=O) groups excluding carboxylic acids is 1. The molecule has 3 rings (SSSR count). The van der Waals surface area contributed by atoms with Crippen LogP contribution in [0, 0.1) is 13.8 Å². The third kappa shape index (κ3) is 6.05. The second kappa shape index (κ2) is 9.49. The van der Waals surface area contributed by atoms with Crippen molar-refractivity contribution in [3.05, 3.63) is 53.5 Å². The van der Waals surface area contributed by atoms with Crippen LogP contribution < -0.4 is 4.74 Å². The van der Waals surface area contributed by atoms with Gasteiger partial charge in [-0.3, -0.25) is 4.79 Å². The molecule has 144 valence electrons. The number of piperidine rings is 1. The number of amides is 1. The molecule has 1 aromatic heterocycles. The van der Waals surface area contributed by atoms with Gasteiger partial charge in [-0.2, -0.15) is 4.98 Å². The van der Waals surface area contributed by atoms with Gasteiger partial charge in [0.2, 0.25) is 11.8 Å². The van der Waals surface area contributed by atoms with E-state index in [1.165, 1.54) is 5.56 Å². The van der Waals surface area contributed by atoms with Crippen LogP contribution in [0.15, 0.2) is 36.4 Å². The van der Waals surface area contributed by atoms with Gasteiger partial charge in [0.05, 0.1) is 0 Å². The topological polar surface area (TPSA) is 55.3 Å². The van der Waals surface area contributed by atoms with Crippen LogP contribution in [0.4, 0.5) is 0 Å². The zero-order valence-corrected chi connectivity index (χ0v) is 16.4. The van der Waals surface area contributed by atoms with E-state index in [-0.39, 0.29) is 12.0 Å². The molecule has 27 heavy (non-hydrogen) atoms. The molecule has 1 aliphatic heterocycles. The van der Waals surface area contributed by atoms with Crippen LogP contribution in [0.1, 0.15) is 49.2 Å². The van der Waals surface area contributed by atoms with Crippen molar-refractivity contribution in [2.45, 2.75) is 58.5 Å². The Labute approximate surface area is 161 Å². The summed E-state index contributed by atoms with van der Waals surface area (Å²) in [7, 11) is 0. The molecule has 1 fully saturated rings. The maximum absolute atomic E-state index is 12.4. The van der Waals surface area contributed by atoms with Crippen LogP contribution in [0.3, 0.4) is 0 Å². The average molecular weight is 367 g/mol. The molecule has 0 saturated carbocycles. The van der Waals surface area contributed by atoms with Crippen LogP contribution in [0.5, 0.6) is 5.88 Å². The highest BCUT2D eigenvalue weighted by Gasteiger charge is 2.24. The third-order valence-corrected chi connectivity index (χ3v) is 4.97. The van der Waals surface area contributed by atoms with Crippen molar-refractivity contribution in [2.24, 2.45) is 0 Å². The Morgan fingerprint density at radius 3 is 2.56 bits per heavy atom. The highest BCUT2D eigenvalue weighted by atomic mass is 16.5. The molecular weight excluding hydrogens is 338 g/mol. The fraction of sp³-hybridized carbons (Fsp3) is 0.500. The van der Waals surface area contributed by atoms with E-state index in [4.69, 9.17) is 4.74 Å². The first kappa shape index (κ1) is 19.3. The van der Waals surface area contributed by atoms with E-state index in [1.54, 1.807) is 0 Å². The molecule has 0 atom stereocenters. The fourth-order valence-electron chi connectivity index (χ4n) is 3.55. The van der Waals surface area contributed by atoms with E-state index in [9.17, 15) is 4.79 Å². The molecule has 5 nitrogen and oxygen atoms in total. The van der Waals surface area contributed by atoms with E-state index < -0.39 is 0 Å². The molecule has 2 aromatic rings. The van der Waals surface area contributed by atoms with Crippen molar-refractivity contribution in [1.82, 2.24) is 14.9 Å². The fourth-order valence-corrected chi connectivity index (χ4v) is 3.55. The zero-order chi connectivity index (χ0) is 19.1. The number of nitrogens with zero attached hydrogens (tertiary/aromatic N) is 3. The van der Waals surface area contributed by atoms with Crippen LogP contribution in [-0.2, 0) is 11.2 Å². The standard InChI is InChI=1S/C22H29N3O2/c1-17-16-21(24-18(2)23-17)27-20-12-14-25(15-13-20)22(26)11-7-6-10-19-8-4-3-5-9-19/h3-5,8-9,16,20H,6-7,10-15H2,1-2H3. The first-order chi connectivity index (χ1) is 13.1. The summed E-state index contributed by atoms with van der Waals surface area (Å²) in [4.78, 5) is 23.0. The number of unbranched alkanes of at least 4 members (excludes halogenated alkanes) is 1. The van der Waals surface area contributed by atoms with Gasteiger partial charge >= 0.3 is 0 Å². The summed E-state index contributed by atoms with van der Waals surface area (Å²) in [5.74, 6) is 1.65. The van der Waals surface area contributed by atoms with E-state index >= 15 is 0 Å². The number of hydrogen-bond donors (Lipinski definition) is 0. The van der Waals surface area contributed by atoms with Gasteiger partial charge in [0.25, 0.3) is 0 Å². The van der Waals surface area contributed by atoms with Crippen molar-refractivity contribution < 1.29 is 9.53 Å². The molecule has 1 aromatic carbocycles. The van der Waals surface area contributed by atoms with Gasteiger partial charge in [-0.25, -0.2) is 4.98 Å². The SMILES string of the molecule is Cc1cc(OC2CCN(C(=O)CCCCc3ccccc3)CC2)nc(C)n1. The Balaban J connectivity index is 1.36. The van der Waals surface area contributed by atoms with E-state index in [0.717, 1.165) is 56.7 Å². The lowest BCUT2D eigenvalue weighted by Gasteiger charge is -2.32. The number of aryl methyl sites for hydroxylation is 3. The zero-order valence-electron chi connectivity index (χ0n) is 16.4. The second-order valence-corrected chi connectivity index (χ2v) is 7.29. The minimum absolute atomic E-state index is 0.126. The number of hydrogen-bond acceptors (Lipinski definition) is 4. The summed E-state index contributed by atoms with van der Waals surface area (Å²) in [6.07, 6.45) is 5.53. The lowest BCUT2D eigenvalue weighted by molar-refractivity contribution is -0.133. The van der Waals surface area contributed by atoms with E-state index in [0.29, 0.717) is 12.3 Å². The average Bonchev–Trinajstić information content (AvgIpc) is 2.66. The Morgan fingerprint density at radius 1 is 1.11 bits per heavy atom. The molecule has 0 aliphatic carbocycles. The molecule has 0 spiro atoms. The smallest absolute Gasteiger partial charge is 0.222 e. The summed E-state index contributed by atoms with van der Waals surface area (Å²) in [5, 5.41) is 0. The molecule has 0 N–H and O–H groups in total. The number of ether oxygens (including phenoxy) is 1. The number of rotatable bonds is 7. The molecule has 1 saturated heterocycles. The monoisotopic (exact) mass is 367 g/mol. The summed E-state index contributed by atoms with van der Waals surface area (Å²) < 4.78 is 6.00. The first-order valence-electron chi connectivity index (χ1n) is 9.91. The van der Waals surface area contributed by atoms with Gasteiger partial charge in [0, 0.05) is 44.1 Å². The van der Waals surface area contributed by atoms with Crippen molar-refractivity contribution in [3.8, 4) is 5.88 Å². The minimum Gasteiger partial charge on any atom is -0.474 e. The highest BCUT2D eigenvalue weighted by Crippen LogP contribution is 2.19. The molecule has 2 heterocycles. The predicted octanol–water partition coefficient (Wildman–Crippen LogP) is 3.88. The largest absolute Gasteiger partial charge is 0.474 e. The summed E-state index contributed by atoms with van der Waals surface area (Å²) in [5.41, 5.74) is 2.26. The Hall–Kier alpha value is -2.43. The molecule has 0 unspecified atom stereocenters. The summed E-state index contributed by atoms with van der Waals surface area (Å²) in [6, 6.07) is 12.3. The van der Waals surface area contributed by atoms with Crippen molar-refractivity contribution in [2.75, 3.05) is 13.1 Å². The van der Waals surface area contributed by atoms with Crippen LogP contribution in [0.2, 0.25) is 0 Å². The maximum Gasteiger partial charge on any atom is 0.222 e. The Bertz CT molecular complexity index is 720. The van der Waals surface area contributed by atoms with E-state index in [2.05, 4.69) is 34.2 Å². The number of carbonyl (C=O) groups is 1. The minimum atomic E-state index is 0.126. The molecule has 0 bridgehead atoms. The Kier molecular flexibility index (Phi) is 6.80. The van der Waals surface area contributed by atoms with Gasteiger partial charge < -0.3 is 9.64 Å². The first-order valence-corrected chi connectivity index (χ1v) is 9.91. The molecule has 1 amide bonds. The van der Waals surface area contributed by atoms with Crippen LogP contribution in [0.25, 0.3) is 0 Å². The van der Waals surface area contributed by atoms with Gasteiger partial charge in [0.1, 0.15) is 11.9 Å².